The van der Waals surface area contributed by atoms with E-state index in [1.54, 1.807) is 11.3 Å². The molecule has 0 aliphatic rings. The number of aromatic nitrogens is 1. The third kappa shape index (κ3) is 4.29. The van der Waals surface area contributed by atoms with Crippen molar-refractivity contribution in [2.24, 2.45) is 10.7 Å². The fourth-order valence-corrected chi connectivity index (χ4v) is 1.83. The molecule has 1 aromatic heterocycles. The van der Waals surface area contributed by atoms with E-state index in [9.17, 15) is 0 Å². The summed E-state index contributed by atoms with van der Waals surface area (Å²) in [4.78, 5) is 8.62. The molecule has 3 N–H and O–H groups in total. The number of aryl methyl sites for hydroxylation is 1. The number of hydrogen-bond donors (Lipinski definition) is 2. The number of guanidine groups is 1. The average Bonchev–Trinajstić information content (AvgIpc) is 2.61. The lowest BCUT2D eigenvalue weighted by molar-refractivity contribution is 0.723. The second-order valence-electron chi connectivity index (χ2n) is 3.59. The zero-order chi connectivity index (χ0) is 11.3. The van der Waals surface area contributed by atoms with Gasteiger partial charge in [-0.3, -0.25) is 0 Å². The van der Waals surface area contributed by atoms with E-state index < -0.39 is 0 Å². The maximum absolute atomic E-state index is 5.68. The summed E-state index contributed by atoms with van der Waals surface area (Å²) in [6, 6.07) is 0.315. The quantitative estimate of drug-likeness (QED) is 0.604. The van der Waals surface area contributed by atoms with Crippen LogP contribution in [0.3, 0.4) is 0 Å². The van der Waals surface area contributed by atoms with Gasteiger partial charge in [-0.15, -0.1) is 11.3 Å². The molecular weight excluding hydrogens is 208 g/mol. The number of thiazole rings is 1. The summed E-state index contributed by atoms with van der Waals surface area (Å²) in [5.41, 5.74) is 6.67. The predicted molar refractivity (Wildman–Crippen MR) is 65.1 cm³/mol. The van der Waals surface area contributed by atoms with Crippen molar-refractivity contribution in [3.05, 3.63) is 16.1 Å². The predicted octanol–water partition coefficient (Wildman–Crippen LogP) is 1.52. The van der Waals surface area contributed by atoms with Gasteiger partial charge in [-0.1, -0.05) is 6.92 Å². The highest BCUT2D eigenvalue weighted by atomic mass is 32.1. The molecule has 1 aromatic rings. The van der Waals surface area contributed by atoms with Gasteiger partial charge in [0.05, 0.1) is 17.2 Å². The molecule has 0 amide bonds. The molecule has 0 atom stereocenters. The van der Waals surface area contributed by atoms with Crippen LogP contribution in [0.5, 0.6) is 0 Å². The van der Waals surface area contributed by atoms with E-state index in [0.717, 1.165) is 17.1 Å². The summed E-state index contributed by atoms with van der Waals surface area (Å²) in [7, 11) is 0. The minimum atomic E-state index is 0.315. The molecule has 0 fully saturated rings. The minimum absolute atomic E-state index is 0.315. The van der Waals surface area contributed by atoms with E-state index in [1.165, 1.54) is 0 Å². The molecule has 84 valence electrons. The molecule has 0 aromatic carbocycles. The van der Waals surface area contributed by atoms with E-state index in [2.05, 4.69) is 22.2 Å². The molecule has 0 aliphatic carbocycles. The lowest BCUT2D eigenvalue weighted by Crippen LogP contribution is -2.36. The summed E-state index contributed by atoms with van der Waals surface area (Å²) in [6.45, 7) is 6.71. The smallest absolute Gasteiger partial charge is 0.189 e. The minimum Gasteiger partial charge on any atom is -0.370 e. The van der Waals surface area contributed by atoms with Crippen molar-refractivity contribution in [3.63, 3.8) is 0 Å². The van der Waals surface area contributed by atoms with Crippen LogP contribution in [0.2, 0.25) is 0 Å². The van der Waals surface area contributed by atoms with Crippen LogP contribution in [-0.2, 0) is 13.0 Å². The van der Waals surface area contributed by atoms with Crippen LogP contribution in [0, 0.1) is 0 Å². The number of nitrogens with zero attached hydrogens (tertiary/aromatic N) is 2. The summed E-state index contributed by atoms with van der Waals surface area (Å²) in [6.07, 6.45) is 0.980. The van der Waals surface area contributed by atoms with Crippen LogP contribution in [0.4, 0.5) is 0 Å². The maximum Gasteiger partial charge on any atom is 0.189 e. The van der Waals surface area contributed by atoms with Gasteiger partial charge in [0.1, 0.15) is 0 Å². The van der Waals surface area contributed by atoms with E-state index in [4.69, 9.17) is 5.73 Å². The van der Waals surface area contributed by atoms with E-state index >= 15 is 0 Å². The number of hydrogen-bond acceptors (Lipinski definition) is 3. The first-order chi connectivity index (χ1) is 7.11. The molecule has 0 bridgehead atoms. The van der Waals surface area contributed by atoms with Crippen molar-refractivity contribution in [2.45, 2.75) is 39.8 Å². The second-order valence-corrected chi connectivity index (χ2v) is 4.53. The first-order valence-corrected chi connectivity index (χ1v) is 5.99. The molecule has 0 saturated carbocycles. The van der Waals surface area contributed by atoms with Crippen molar-refractivity contribution >= 4 is 17.3 Å². The lowest BCUT2D eigenvalue weighted by Gasteiger charge is -2.07. The number of nitrogens with two attached hydrogens (primary N) is 1. The topological polar surface area (TPSA) is 63.3 Å². The Balaban J connectivity index is 2.48. The second kappa shape index (κ2) is 5.70. The Morgan fingerprint density at radius 3 is 2.93 bits per heavy atom. The molecule has 1 rings (SSSR count). The summed E-state index contributed by atoms with van der Waals surface area (Å²) in [5, 5.41) is 6.22. The van der Waals surface area contributed by atoms with E-state index in [0.29, 0.717) is 18.5 Å². The summed E-state index contributed by atoms with van der Waals surface area (Å²) < 4.78 is 0. The Morgan fingerprint density at radius 1 is 1.67 bits per heavy atom. The Labute approximate surface area is 94.6 Å². The highest BCUT2D eigenvalue weighted by molar-refractivity contribution is 7.09. The van der Waals surface area contributed by atoms with E-state index in [1.807, 2.05) is 19.2 Å². The average molecular weight is 226 g/mol. The first kappa shape index (κ1) is 12.0. The van der Waals surface area contributed by atoms with Gasteiger partial charge in [0.15, 0.2) is 5.96 Å². The number of rotatable bonds is 4. The number of aliphatic imine (C=N–C) groups is 1. The van der Waals surface area contributed by atoms with Gasteiger partial charge in [-0.05, 0) is 20.3 Å². The van der Waals surface area contributed by atoms with E-state index in [-0.39, 0.29) is 0 Å². The molecule has 0 unspecified atom stereocenters. The van der Waals surface area contributed by atoms with Gasteiger partial charge in [0.25, 0.3) is 0 Å². The van der Waals surface area contributed by atoms with Crippen LogP contribution in [0.25, 0.3) is 0 Å². The van der Waals surface area contributed by atoms with Gasteiger partial charge in [0.2, 0.25) is 0 Å². The largest absolute Gasteiger partial charge is 0.370 e. The Kier molecular flexibility index (Phi) is 4.55. The van der Waals surface area contributed by atoms with Crippen molar-refractivity contribution in [1.82, 2.24) is 10.3 Å². The standard InChI is InChI=1S/C10H18N4S/c1-4-9-14-8(6-15-9)5-12-10(11)13-7(2)3/h6-7H,4-5H2,1-3H3,(H3,11,12,13). The monoisotopic (exact) mass is 226 g/mol. The van der Waals surface area contributed by atoms with Gasteiger partial charge in [0, 0.05) is 11.4 Å². The SMILES string of the molecule is CCc1nc(CN=C(N)NC(C)C)cs1. The Morgan fingerprint density at radius 2 is 2.40 bits per heavy atom. The highest BCUT2D eigenvalue weighted by Crippen LogP contribution is 2.10. The zero-order valence-electron chi connectivity index (χ0n) is 9.45. The molecule has 5 heteroatoms. The molecular formula is C10H18N4S. The molecule has 0 radical (unpaired) electrons. The van der Waals surface area contributed by atoms with Crippen LogP contribution < -0.4 is 11.1 Å². The third-order valence-electron chi connectivity index (χ3n) is 1.75. The van der Waals surface area contributed by atoms with Crippen LogP contribution in [0.15, 0.2) is 10.4 Å². The fourth-order valence-electron chi connectivity index (χ4n) is 1.09. The summed E-state index contributed by atoms with van der Waals surface area (Å²) in [5.74, 6) is 0.482. The third-order valence-corrected chi connectivity index (χ3v) is 2.79. The first-order valence-electron chi connectivity index (χ1n) is 5.11. The normalized spacial score (nSPS) is 12.1. The van der Waals surface area contributed by atoms with Crippen LogP contribution in [-0.4, -0.2) is 17.0 Å². The van der Waals surface area contributed by atoms with Crippen LogP contribution >= 0.6 is 11.3 Å². The van der Waals surface area contributed by atoms with Gasteiger partial charge in [-0.2, -0.15) is 0 Å². The van der Waals surface area contributed by atoms with Gasteiger partial charge in [-0.25, -0.2) is 9.98 Å². The van der Waals surface area contributed by atoms with Crippen molar-refractivity contribution in [1.29, 1.82) is 0 Å². The highest BCUT2D eigenvalue weighted by Gasteiger charge is 2.00. The van der Waals surface area contributed by atoms with Gasteiger partial charge >= 0.3 is 0 Å². The molecule has 15 heavy (non-hydrogen) atoms. The maximum atomic E-state index is 5.68. The van der Waals surface area contributed by atoms with Gasteiger partial charge < -0.3 is 11.1 Å². The molecule has 1 heterocycles. The molecule has 0 aliphatic heterocycles. The number of nitrogens with one attached hydrogen (secondary N) is 1. The Bertz CT molecular complexity index is 330. The van der Waals surface area contributed by atoms with Crippen molar-refractivity contribution in [2.75, 3.05) is 0 Å². The molecule has 4 nitrogen and oxygen atoms in total. The van der Waals surface area contributed by atoms with Crippen molar-refractivity contribution in [3.8, 4) is 0 Å². The molecule has 0 saturated heterocycles. The molecule has 0 spiro atoms. The summed E-state index contributed by atoms with van der Waals surface area (Å²) >= 11 is 1.67. The lowest BCUT2D eigenvalue weighted by atomic mass is 10.4. The van der Waals surface area contributed by atoms with Crippen molar-refractivity contribution < 1.29 is 0 Å². The van der Waals surface area contributed by atoms with Crippen LogP contribution in [0.1, 0.15) is 31.5 Å². The zero-order valence-corrected chi connectivity index (χ0v) is 10.3. The Hall–Kier alpha value is -1.10. The fraction of sp³-hybridized carbons (Fsp3) is 0.600.